The lowest BCUT2D eigenvalue weighted by atomic mass is 9.99. The third-order valence-electron chi connectivity index (χ3n) is 13.3. The number of carbonyl (C=O) groups is 4. The molecule has 1 spiro atoms. The second-order valence-electron chi connectivity index (χ2n) is 18.3. The zero-order chi connectivity index (χ0) is 44.0. The van der Waals surface area contributed by atoms with Crippen LogP contribution in [0.5, 0.6) is 0 Å². The van der Waals surface area contributed by atoms with Crippen LogP contribution in [0.1, 0.15) is 91.0 Å². The molecule has 14 heteroatoms. The van der Waals surface area contributed by atoms with E-state index < -0.39 is 24.3 Å². The molecular weight excluding hydrogens is 785 g/mol. The van der Waals surface area contributed by atoms with Crippen molar-refractivity contribution in [2.75, 3.05) is 20.8 Å². The normalized spacial score (nSPS) is 21.4. The molecule has 62 heavy (non-hydrogen) atoms. The van der Waals surface area contributed by atoms with E-state index in [4.69, 9.17) is 19.4 Å². The lowest BCUT2D eigenvalue weighted by molar-refractivity contribution is -0.138. The third kappa shape index (κ3) is 8.26. The molecule has 1 saturated carbocycles. The van der Waals surface area contributed by atoms with Crippen LogP contribution in [-0.2, 0) is 19.1 Å². The van der Waals surface area contributed by atoms with Crippen molar-refractivity contribution in [3.63, 3.8) is 0 Å². The fourth-order valence-corrected chi connectivity index (χ4v) is 9.59. The Hall–Kier alpha value is -6.18. The number of nitrogens with zero attached hydrogens (tertiary/aromatic N) is 4. The first-order valence-electron chi connectivity index (χ1n) is 21.8. The zero-order valence-electron chi connectivity index (χ0n) is 36.8. The lowest BCUT2D eigenvalue weighted by Crippen LogP contribution is -2.52. The highest BCUT2D eigenvalue weighted by molar-refractivity contribution is 5.88. The quantitative estimate of drug-likeness (QED) is 0.103. The predicted molar refractivity (Wildman–Crippen MR) is 236 cm³/mol. The van der Waals surface area contributed by atoms with Crippen LogP contribution in [0.3, 0.4) is 0 Å². The zero-order valence-corrected chi connectivity index (χ0v) is 36.8. The van der Waals surface area contributed by atoms with Crippen LogP contribution in [0.2, 0.25) is 0 Å². The number of imidazole rings is 2. The SMILES string of the molecule is COC(=O)N[C@H](C(=O)N1CC2(CC2)C[C@H]1c1ncc(-c2ccc(-c3ccc(-c4ccc5nc([C@@H]6[C@@H](C)C[C@@H](C)N6C(=O)[C@@H](NC(=O)OC)C(C)C)[nH]c5c4)cc3)cc2)[nH]1)C(C)C. The lowest BCUT2D eigenvalue weighted by Gasteiger charge is -2.33. The smallest absolute Gasteiger partial charge is 0.407 e. The number of hydrogen-bond donors (Lipinski definition) is 4. The molecule has 2 aromatic heterocycles. The van der Waals surface area contributed by atoms with Crippen LogP contribution in [0.4, 0.5) is 9.59 Å². The van der Waals surface area contributed by atoms with Gasteiger partial charge in [-0.1, -0.05) is 89.2 Å². The van der Waals surface area contributed by atoms with Gasteiger partial charge in [-0.05, 0) is 95.7 Å². The molecular formula is C48H58N8O6. The van der Waals surface area contributed by atoms with Gasteiger partial charge in [-0.15, -0.1) is 0 Å². The van der Waals surface area contributed by atoms with Crippen molar-refractivity contribution < 1.29 is 28.7 Å². The number of alkyl carbamates (subject to hydrolysis) is 2. The van der Waals surface area contributed by atoms with Crippen LogP contribution in [0.15, 0.2) is 72.9 Å². The van der Waals surface area contributed by atoms with Crippen molar-refractivity contribution in [3.05, 3.63) is 84.6 Å². The van der Waals surface area contributed by atoms with Gasteiger partial charge in [0.05, 0.1) is 49.2 Å². The molecule has 4 N–H and O–H groups in total. The number of fused-ring (bicyclic) bond motifs is 1. The first kappa shape index (κ1) is 42.5. The predicted octanol–water partition coefficient (Wildman–Crippen LogP) is 8.40. The van der Waals surface area contributed by atoms with Gasteiger partial charge in [-0.25, -0.2) is 19.6 Å². The second kappa shape index (κ2) is 16.9. The molecule has 3 aromatic carbocycles. The van der Waals surface area contributed by atoms with Crippen molar-refractivity contribution in [2.24, 2.45) is 23.2 Å². The summed E-state index contributed by atoms with van der Waals surface area (Å²) < 4.78 is 9.64. The van der Waals surface area contributed by atoms with E-state index >= 15 is 0 Å². The first-order chi connectivity index (χ1) is 29.7. The number of aromatic nitrogens is 4. The molecule has 5 aromatic rings. The average Bonchev–Trinajstić information content (AvgIpc) is 3.62. The van der Waals surface area contributed by atoms with Gasteiger partial charge in [-0.2, -0.15) is 0 Å². The molecule has 2 aliphatic heterocycles. The average molecular weight is 843 g/mol. The first-order valence-corrected chi connectivity index (χ1v) is 21.8. The standard InChI is InChI=1S/C48H58N8O6/c1-26(2)39(53-46(59)61-7)44(57)55-25-48(19-20-48)23-38(55)42-49-24-37(52-42)33-15-13-31(14-16-33)30-9-11-32(12-10-30)34-17-18-35-36(22-34)51-43(50-35)41-28(5)21-29(6)56(41)45(58)40(27(3)4)54-47(60)62-8/h9-18,22,24,26-29,38-41H,19-21,23,25H2,1-8H3,(H,49,52)(H,50,51)(H,53,59)(H,54,60)/t28-,29+,38-,39-,40-,41-/m0/s1. The minimum Gasteiger partial charge on any atom is -0.453 e. The number of benzene rings is 3. The Morgan fingerprint density at radius 3 is 1.85 bits per heavy atom. The van der Waals surface area contributed by atoms with E-state index in [1.54, 1.807) is 0 Å². The van der Waals surface area contributed by atoms with E-state index in [9.17, 15) is 19.2 Å². The maximum absolute atomic E-state index is 14.0. The molecule has 1 aliphatic carbocycles. The maximum Gasteiger partial charge on any atom is 0.407 e. The van der Waals surface area contributed by atoms with Crippen molar-refractivity contribution in [1.82, 2.24) is 40.4 Å². The van der Waals surface area contributed by atoms with Crippen LogP contribution in [0, 0.1) is 23.2 Å². The fourth-order valence-electron chi connectivity index (χ4n) is 9.59. The third-order valence-corrected chi connectivity index (χ3v) is 13.3. The number of hydrogen-bond acceptors (Lipinski definition) is 8. The number of ether oxygens (including phenoxy) is 2. The van der Waals surface area contributed by atoms with Gasteiger partial charge in [0.1, 0.15) is 23.7 Å². The van der Waals surface area contributed by atoms with Gasteiger partial charge in [-0.3, -0.25) is 9.59 Å². The molecule has 3 fully saturated rings. The molecule has 4 amide bonds. The van der Waals surface area contributed by atoms with Gasteiger partial charge in [0.15, 0.2) is 0 Å². The van der Waals surface area contributed by atoms with Crippen LogP contribution >= 0.6 is 0 Å². The summed E-state index contributed by atoms with van der Waals surface area (Å²) >= 11 is 0. The molecule has 14 nitrogen and oxygen atoms in total. The van der Waals surface area contributed by atoms with Crippen LogP contribution < -0.4 is 10.6 Å². The van der Waals surface area contributed by atoms with Gasteiger partial charge < -0.3 is 39.9 Å². The molecule has 0 unspecified atom stereocenters. The number of aromatic amines is 2. The molecule has 2 saturated heterocycles. The number of rotatable bonds is 11. The number of amides is 4. The molecule has 6 atom stereocenters. The maximum atomic E-state index is 14.0. The van der Waals surface area contributed by atoms with Gasteiger partial charge >= 0.3 is 12.2 Å². The highest BCUT2D eigenvalue weighted by atomic mass is 16.5. The molecule has 8 rings (SSSR count). The summed E-state index contributed by atoms with van der Waals surface area (Å²) in [7, 11) is 2.60. The number of likely N-dealkylation sites (tertiary alicyclic amines) is 2. The number of carbonyl (C=O) groups excluding carboxylic acids is 4. The summed E-state index contributed by atoms with van der Waals surface area (Å²) in [4.78, 5) is 72.7. The summed E-state index contributed by atoms with van der Waals surface area (Å²) in [6.45, 7) is 12.5. The molecule has 4 heterocycles. The van der Waals surface area contributed by atoms with E-state index in [-0.39, 0.29) is 53.1 Å². The Morgan fingerprint density at radius 1 is 0.742 bits per heavy atom. The fraction of sp³-hybridized carbons (Fsp3) is 0.458. The number of H-pyrrole nitrogens is 2. The number of methoxy groups -OCH3 is 2. The Balaban J connectivity index is 0.960. The monoisotopic (exact) mass is 842 g/mol. The number of nitrogens with one attached hydrogen (secondary N) is 4. The Labute approximate surface area is 362 Å². The van der Waals surface area contributed by atoms with Crippen LogP contribution in [-0.4, -0.2) is 92.6 Å². The minimum atomic E-state index is -0.717. The van der Waals surface area contributed by atoms with Crippen molar-refractivity contribution in [2.45, 2.75) is 97.4 Å². The molecule has 326 valence electrons. The molecule has 0 bridgehead atoms. The van der Waals surface area contributed by atoms with Gasteiger partial charge in [0.2, 0.25) is 11.8 Å². The van der Waals surface area contributed by atoms with E-state index in [1.807, 2.05) is 49.8 Å². The van der Waals surface area contributed by atoms with Crippen molar-refractivity contribution in [1.29, 1.82) is 0 Å². The topological polar surface area (TPSA) is 175 Å². The Bertz CT molecular complexity index is 2450. The molecule has 0 radical (unpaired) electrons. The molecule has 3 aliphatic rings. The van der Waals surface area contributed by atoms with E-state index in [2.05, 4.69) is 95.1 Å². The summed E-state index contributed by atoms with van der Waals surface area (Å²) in [5.74, 6) is 1.17. The summed E-state index contributed by atoms with van der Waals surface area (Å²) in [5, 5.41) is 5.49. The van der Waals surface area contributed by atoms with Gasteiger partial charge in [0.25, 0.3) is 0 Å². The van der Waals surface area contributed by atoms with Crippen molar-refractivity contribution >= 4 is 35.0 Å². The summed E-state index contributed by atoms with van der Waals surface area (Å²) in [6.07, 6.45) is 4.44. The van der Waals surface area contributed by atoms with E-state index in [0.29, 0.717) is 6.54 Å². The Kier molecular flexibility index (Phi) is 11.6. The Morgan fingerprint density at radius 2 is 1.29 bits per heavy atom. The second-order valence-corrected chi connectivity index (χ2v) is 18.3. The minimum absolute atomic E-state index is 0.0237. The van der Waals surface area contributed by atoms with E-state index in [1.165, 1.54) is 14.2 Å². The van der Waals surface area contributed by atoms with Crippen LogP contribution in [0.25, 0.3) is 44.5 Å². The van der Waals surface area contributed by atoms with E-state index in [0.717, 1.165) is 81.9 Å². The highest BCUT2D eigenvalue weighted by Gasteiger charge is 2.55. The van der Waals surface area contributed by atoms with Crippen molar-refractivity contribution in [3.8, 4) is 33.5 Å². The van der Waals surface area contributed by atoms with Gasteiger partial charge in [0, 0.05) is 12.6 Å². The summed E-state index contributed by atoms with van der Waals surface area (Å²) in [5.41, 5.74) is 7.98. The summed E-state index contributed by atoms with van der Waals surface area (Å²) in [6, 6.07) is 21.2. The highest BCUT2D eigenvalue weighted by Crippen LogP contribution is 2.58. The largest absolute Gasteiger partial charge is 0.453 e.